The Morgan fingerprint density at radius 1 is 1.04 bits per heavy atom. The van der Waals surface area contributed by atoms with Gasteiger partial charge in [-0.15, -0.1) is 0 Å². The van der Waals surface area contributed by atoms with Crippen molar-refractivity contribution >= 4 is 21.6 Å². The van der Waals surface area contributed by atoms with Gasteiger partial charge in [0.2, 0.25) is 10.0 Å². The third kappa shape index (κ3) is 4.95. The molecule has 1 N–H and O–H groups in total. The van der Waals surface area contributed by atoms with Crippen molar-refractivity contribution < 1.29 is 22.7 Å². The van der Waals surface area contributed by atoms with Gasteiger partial charge in [-0.05, 0) is 61.9 Å². The molecule has 1 heterocycles. The van der Waals surface area contributed by atoms with Crippen LogP contribution in [0.5, 0.6) is 11.5 Å². The lowest BCUT2D eigenvalue weighted by Gasteiger charge is -2.17. The number of carbonyl (C=O) groups excluding carboxylic acids is 1. The van der Waals surface area contributed by atoms with Crippen LogP contribution in [0.25, 0.3) is 0 Å². The second kappa shape index (κ2) is 8.97. The van der Waals surface area contributed by atoms with E-state index in [1.165, 1.54) is 4.31 Å². The summed E-state index contributed by atoms with van der Waals surface area (Å²) in [6.07, 6.45) is 0.624. The zero-order chi connectivity index (χ0) is 20.0. The Balaban J connectivity index is 1.46. The van der Waals surface area contributed by atoms with E-state index in [9.17, 15) is 13.2 Å². The van der Waals surface area contributed by atoms with Crippen LogP contribution in [0.4, 0.5) is 5.69 Å². The summed E-state index contributed by atoms with van der Waals surface area (Å²) in [4.78, 5) is 12.2. The second-order valence-corrected chi connectivity index (χ2v) is 8.31. The maximum absolute atomic E-state index is 12.2. The molecule has 2 aromatic rings. The van der Waals surface area contributed by atoms with Crippen molar-refractivity contribution in [1.82, 2.24) is 5.32 Å². The fraction of sp³-hybridized carbons (Fsp3) is 0.350. The van der Waals surface area contributed by atoms with Crippen LogP contribution >= 0.6 is 0 Å². The van der Waals surface area contributed by atoms with Crippen molar-refractivity contribution in [3.05, 3.63) is 54.1 Å². The van der Waals surface area contributed by atoms with Crippen molar-refractivity contribution in [2.45, 2.75) is 13.3 Å². The van der Waals surface area contributed by atoms with Crippen LogP contribution in [-0.4, -0.2) is 46.4 Å². The largest absolute Gasteiger partial charge is 0.494 e. The molecule has 0 aliphatic carbocycles. The number of rotatable bonds is 8. The molecule has 0 unspecified atom stereocenters. The SMILES string of the molecule is CCOc1ccc(OCCNC(=O)c2ccc(N3CCCS3(=O)=O)cc2)cc1. The van der Waals surface area contributed by atoms with E-state index in [0.29, 0.717) is 49.7 Å². The molecule has 1 fully saturated rings. The minimum Gasteiger partial charge on any atom is -0.494 e. The van der Waals surface area contributed by atoms with Crippen LogP contribution in [-0.2, 0) is 10.0 Å². The normalized spacial score (nSPS) is 15.2. The average molecular weight is 404 g/mol. The summed E-state index contributed by atoms with van der Waals surface area (Å²) in [5.41, 5.74) is 1.06. The molecule has 1 saturated heterocycles. The molecule has 8 heteroatoms. The summed E-state index contributed by atoms with van der Waals surface area (Å²) in [6, 6.07) is 13.9. The highest BCUT2D eigenvalue weighted by atomic mass is 32.2. The van der Waals surface area contributed by atoms with Gasteiger partial charge in [0.15, 0.2) is 0 Å². The Kier molecular flexibility index (Phi) is 6.41. The number of nitrogens with zero attached hydrogens (tertiary/aromatic N) is 1. The Bertz CT molecular complexity index is 895. The molecule has 0 bridgehead atoms. The van der Waals surface area contributed by atoms with Crippen LogP contribution in [0.15, 0.2) is 48.5 Å². The summed E-state index contributed by atoms with van der Waals surface area (Å²) < 4.78 is 36.2. The number of benzene rings is 2. The monoisotopic (exact) mass is 404 g/mol. The summed E-state index contributed by atoms with van der Waals surface area (Å²) in [6.45, 7) is 3.71. The van der Waals surface area contributed by atoms with Gasteiger partial charge in [-0.3, -0.25) is 9.10 Å². The quantitative estimate of drug-likeness (QED) is 0.683. The average Bonchev–Trinajstić information content (AvgIpc) is 3.06. The number of hydrogen-bond donors (Lipinski definition) is 1. The number of carbonyl (C=O) groups is 1. The maximum Gasteiger partial charge on any atom is 0.251 e. The standard InChI is InChI=1S/C20H24N2O5S/c1-2-26-18-8-10-19(11-9-18)27-14-12-21-20(23)16-4-6-17(7-5-16)22-13-3-15-28(22,24)25/h4-11H,2-3,12-15H2,1H3,(H,21,23). The first kappa shape index (κ1) is 20.0. The van der Waals surface area contributed by atoms with E-state index < -0.39 is 10.0 Å². The van der Waals surface area contributed by atoms with Crippen molar-refractivity contribution in [3.8, 4) is 11.5 Å². The molecular formula is C20H24N2O5S. The summed E-state index contributed by atoms with van der Waals surface area (Å²) in [7, 11) is -3.21. The molecule has 28 heavy (non-hydrogen) atoms. The van der Waals surface area contributed by atoms with Crippen molar-refractivity contribution in [2.24, 2.45) is 0 Å². The van der Waals surface area contributed by atoms with Crippen molar-refractivity contribution in [1.29, 1.82) is 0 Å². The zero-order valence-electron chi connectivity index (χ0n) is 15.8. The second-order valence-electron chi connectivity index (χ2n) is 6.30. The van der Waals surface area contributed by atoms with Gasteiger partial charge in [-0.25, -0.2) is 8.42 Å². The van der Waals surface area contributed by atoms with Gasteiger partial charge in [-0.2, -0.15) is 0 Å². The van der Waals surface area contributed by atoms with Crippen LogP contribution in [0, 0.1) is 0 Å². The van der Waals surface area contributed by atoms with Gasteiger partial charge in [0.1, 0.15) is 18.1 Å². The van der Waals surface area contributed by atoms with E-state index in [4.69, 9.17) is 9.47 Å². The predicted molar refractivity (Wildman–Crippen MR) is 108 cm³/mol. The van der Waals surface area contributed by atoms with E-state index >= 15 is 0 Å². The number of anilines is 1. The van der Waals surface area contributed by atoms with Crippen LogP contribution < -0.4 is 19.1 Å². The first-order valence-electron chi connectivity index (χ1n) is 9.24. The summed E-state index contributed by atoms with van der Waals surface area (Å²) >= 11 is 0. The fourth-order valence-electron chi connectivity index (χ4n) is 2.94. The molecule has 0 aromatic heterocycles. The topological polar surface area (TPSA) is 84.9 Å². The highest BCUT2D eigenvalue weighted by Crippen LogP contribution is 2.24. The highest BCUT2D eigenvalue weighted by molar-refractivity contribution is 7.93. The van der Waals surface area contributed by atoms with Crippen molar-refractivity contribution in [3.63, 3.8) is 0 Å². The molecule has 0 saturated carbocycles. The van der Waals surface area contributed by atoms with E-state index in [1.54, 1.807) is 24.3 Å². The third-order valence-corrected chi connectivity index (χ3v) is 6.18. The number of ether oxygens (including phenoxy) is 2. The Morgan fingerprint density at radius 2 is 1.68 bits per heavy atom. The molecule has 150 valence electrons. The molecule has 1 aliphatic heterocycles. The number of hydrogen-bond acceptors (Lipinski definition) is 5. The van der Waals surface area contributed by atoms with Crippen LogP contribution in [0.2, 0.25) is 0 Å². The Labute approximate surface area is 165 Å². The van der Waals surface area contributed by atoms with Crippen LogP contribution in [0.3, 0.4) is 0 Å². The minimum atomic E-state index is -3.21. The summed E-state index contributed by atoms with van der Waals surface area (Å²) in [5.74, 6) is 1.43. The lowest BCUT2D eigenvalue weighted by atomic mass is 10.2. The van der Waals surface area contributed by atoms with Crippen LogP contribution in [0.1, 0.15) is 23.7 Å². The zero-order valence-corrected chi connectivity index (χ0v) is 16.6. The Hall–Kier alpha value is -2.74. The lowest BCUT2D eigenvalue weighted by Crippen LogP contribution is -2.28. The number of nitrogens with one attached hydrogen (secondary N) is 1. The van der Waals surface area contributed by atoms with Gasteiger partial charge in [0.05, 0.1) is 24.6 Å². The minimum absolute atomic E-state index is 0.170. The van der Waals surface area contributed by atoms with Gasteiger partial charge in [0, 0.05) is 12.1 Å². The first-order chi connectivity index (χ1) is 13.5. The third-order valence-electron chi connectivity index (χ3n) is 4.31. The smallest absolute Gasteiger partial charge is 0.251 e. The molecule has 2 aromatic carbocycles. The lowest BCUT2D eigenvalue weighted by molar-refractivity contribution is 0.0947. The molecule has 0 radical (unpaired) electrons. The predicted octanol–water partition coefficient (Wildman–Crippen LogP) is 2.43. The maximum atomic E-state index is 12.2. The molecule has 1 amide bonds. The van der Waals surface area contributed by atoms with Gasteiger partial charge in [-0.1, -0.05) is 0 Å². The van der Waals surface area contributed by atoms with Gasteiger partial charge < -0.3 is 14.8 Å². The molecule has 7 nitrogen and oxygen atoms in total. The molecule has 1 aliphatic rings. The van der Waals surface area contributed by atoms with E-state index in [0.717, 1.165) is 5.75 Å². The molecule has 0 atom stereocenters. The number of amides is 1. The van der Waals surface area contributed by atoms with Gasteiger partial charge in [0.25, 0.3) is 5.91 Å². The molecule has 3 rings (SSSR count). The first-order valence-corrected chi connectivity index (χ1v) is 10.8. The van der Waals surface area contributed by atoms with E-state index in [2.05, 4.69) is 5.32 Å². The number of sulfonamides is 1. The molecular weight excluding hydrogens is 380 g/mol. The molecule has 0 spiro atoms. The summed E-state index contributed by atoms with van der Waals surface area (Å²) in [5, 5.41) is 2.79. The van der Waals surface area contributed by atoms with Crippen molar-refractivity contribution in [2.75, 3.05) is 36.4 Å². The van der Waals surface area contributed by atoms with E-state index in [-0.39, 0.29) is 11.7 Å². The van der Waals surface area contributed by atoms with Gasteiger partial charge >= 0.3 is 0 Å². The Morgan fingerprint density at radius 3 is 2.25 bits per heavy atom. The van der Waals surface area contributed by atoms with E-state index in [1.807, 2.05) is 31.2 Å². The highest BCUT2D eigenvalue weighted by Gasteiger charge is 2.28. The fourth-order valence-corrected chi connectivity index (χ4v) is 4.51.